The molecule has 0 bridgehead atoms. The molecule has 0 unspecified atom stereocenters. The Morgan fingerprint density at radius 2 is 1.84 bits per heavy atom. The Labute approximate surface area is 179 Å². The molecule has 2 aromatic carbocycles. The van der Waals surface area contributed by atoms with E-state index >= 15 is 0 Å². The summed E-state index contributed by atoms with van der Waals surface area (Å²) in [6.45, 7) is 7.05. The molecule has 0 atom stereocenters. The van der Waals surface area contributed by atoms with E-state index in [2.05, 4.69) is 17.0 Å². The van der Waals surface area contributed by atoms with Crippen LogP contribution in [0.2, 0.25) is 0 Å². The maximum atomic E-state index is 13.4. The van der Waals surface area contributed by atoms with Crippen molar-refractivity contribution < 1.29 is 22.6 Å². The van der Waals surface area contributed by atoms with Crippen LogP contribution in [0, 0.1) is 13.8 Å². The van der Waals surface area contributed by atoms with E-state index in [9.17, 15) is 13.2 Å². The van der Waals surface area contributed by atoms with Gasteiger partial charge in [0.15, 0.2) is 0 Å². The smallest absolute Gasteiger partial charge is 0.380 e. The summed E-state index contributed by atoms with van der Waals surface area (Å²) in [5, 5.41) is 0. The van der Waals surface area contributed by atoms with Gasteiger partial charge in [0.1, 0.15) is 5.82 Å². The van der Waals surface area contributed by atoms with E-state index in [1.165, 1.54) is 13.0 Å². The largest absolute Gasteiger partial charge is 0.416 e. The number of imidazole rings is 1. The van der Waals surface area contributed by atoms with Crippen molar-refractivity contribution in [2.45, 2.75) is 33.2 Å². The van der Waals surface area contributed by atoms with E-state index in [-0.39, 0.29) is 5.56 Å². The van der Waals surface area contributed by atoms with Gasteiger partial charge in [-0.2, -0.15) is 13.2 Å². The molecule has 31 heavy (non-hydrogen) atoms. The number of hydrogen-bond acceptors (Lipinski definition) is 4. The Kier molecular flexibility index (Phi) is 5.94. The summed E-state index contributed by atoms with van der Waals surface area (Å²) in [5.74, 6) is 0.753. The van der Waals surface area contributed by atoms with Crippen LogP contribution >= 0.6 is 0 Å². The van der Waals surface area contributed by atoms with E-state index < -0.39 is 11.7 Å². The van der Waals surface area contributed by atoms with E-state index in [4.69, 9.17) is 14.5 Å². The fourth-order valence-corrected chi connectivity index (χ4v) is 4.19. The summed E-state index contributed by atoms with van der Waals surface area (Å²) < 4.78 is 53.0. The van der Waals surface area contributed by atoms with E-state index in [0.717, 1.165) is 47.3 Å². The van der Waals surface area contributed by atoms with E-state index in [1.807, 2.05) is 11.5 Å². The first-order valence-electron chi connectivity index (χ1n) is 10.3. The number of nitrogens with zero attached hydrogens (tertiary/aromatic N) is 3. The summed E-state index contributed by atoms with van der Waals surface area (Å²) in [6.07, 6.45) is -4.37. The zero-order valence-electron chi connectivity index (χ0n) is 17.9. The van der Waals surface area contributed by atoms with Gasteiger partial charge in [0, 0.05) is 38.0 Å². The number of fused-ring (bicyclic) bond motifs is 1. The lowest BCUT2D eigenvalue weighted by Crippen LogP contribution is -2.36. The highest BCUT2D eigenvalue weighted by Gasteiger charge is 2.33. The lowest BCUT2D eigenvalue weighted by molar-refractivity contribution is -0.138. The third-order valence-corrected chi connectivity index (χ3v) is 5.86. The number of ether oxygens (including phenoxy) is 2. The van der Waals surface area contributed by atoms with Crippen LogP contribution in [0.1, 0.15) is 28.1 Å². The second kappa shape index (κ2) is 8.51. The van der Waals surface area contributed by atoms with Crippen LogP contribution in [-0.4, -0.2) is 43.0 Å². The molecule has 166 valence electrons. The van der Waals surface area contributed by atoms with Crippen LogP contribution in [0.4, 0.5) is 18.9 Å². The van der Waals surface area contributed by atoms with Crippen LogP contribution in [0.3, 0.4) is 0 Å². The van der Waals surface area contributed by atoms with Crippen molar-refractivity contribution in [2.24, 2.45) is 0 Å². The Hall–Kier alpha value is -2.58. The lowest BCUT2D eigenvalue weighted by Gasteiger charge is -2.29. The van der Waals surface area contributed by atoms with Crippen LogP contribution < -0.4 is 4.90 Å². The van der Waals surface area contributed by atoms with Crippen molar-refractivity contribution in [1.29, 1.82) is 0 Å². The minimum absolute atomic E-state index is 0.248. The highest BCUT2D eigenvalue weighted by atomic mass is 19.4. The van der Waals surface area contributed by atoms with Crippen molar-refractivity contribution in [3.63, 3.8) is 0 Å². The predicted octanol–water partition coefficient (Wildman–Crippen LogP) is 4.70. The van der Waals surface area contributed by atoms with Gasteiger partial charge < -0.3 is 18.9 Å². The molecule has 3 aromatic rings. The fourth-order valence-electron chi connectivity index (χ4n) is 4.19. The standard InChI is InChI=1S/C23H26F3N3O2/c1-15-17(5-4-6-20(15)23(24,25)26)13-29-16(2)27-22-18(14-30-3)11-19(12-21(22)29)28-7-9-31-10-8-28/h4-6,11-12H,7-10,13-14H2,1-3H3. The van der Waals surface area contributed by atoms with Gasteiger partial charge in [0.2, 0.25) is 0 Å². The molecule has 0 aliphatic carbocycles. The number of morpholine rings is 1. The maximum Gasteiger partial charge on any atom is 0.416 e. The van der Waals surface area contributed by atoms with Crippen molar-refractivity contribution in [3.8, 4) is 0 Å². The lowest BCUT2D eigenvalue weighted by atomic mass is 10.0. The summed E-state index contributed by atoms with van der Waals surface area (Å²) >= 11 is 0. The predicted molar refractivity (Wildman–Crippen MR) is 113 cm³/mol. The van der Waals surface area contributed by atoms with Gasteiger partial charge in [-0.3, -0.25) is 0 Å². The number of hydrogen-bond donors (Lipinski definition) is 0. The Morgan fingerprint density at radius 3 is 2.52 bits per heavy atom. The number of halogens is 3. The molecular weight excluding hydrogens is 407 g/mol. The zero-order valence-corrected chi connectivity index (χ0v) is 17.9. The molecule has 0 N–H and O–H groups in total. The van der Waals surface area contributed by atoms with E-state index in [0.29, 0.717) is 31.9 Å². The molecule has 0 radical (unpaired) electrons. The number of anilines is 1. The molecule has 1 aliphatic rings. The first-order valence-corrected chi connectivity index (χ1v) is 10.3. The average Bonchev–Trinajstić information content (AvgIpc) is 3.05. The Balaban J connectivity index is 1.81. The number of benzene rings is 2. The number of methoxy groups -OCH3 is 1. The van der Waals surface area contributed by atoms with Gasteiger partial charge in [-0.15, -0.1) is 0 Å². The van der Waals surface area contributed by atoms with Gasteiger partial charge in [-0.25, -0.2) is 4.98 Å². The number of aromatic nitrogens is 2. The highest BCUT2D eigenvalue weighted by Crippen LogP contribution is 2.34. The van der Waals surface area contributed by atoms with Crippen molar-refractivity contribution >= 4 is 16.7 Å². The highest BCUT2D eigenvalue weighted by molar-refractivity contribution is 5.84. The van der Waals surface area contributed by atoms with Gasteiger partial charge in [0.25, 0.3) is 0 Å². The molecular formula is C23H26F3N3O2. The van der Waals surface area contributed by atoms with Crippen LogP contribution in [-0.2, 0) is 28.8 Å². The van der Waals surface area contributed by atoms with Crippen molar-refractivity contribution in [1.82, 2.24) is 9.55 Å². The minimum atomic E-state index is -4.37. The van der Waals surface area contributed by atoms with Gasteiger partial charge >= 0.3 is 6.18 Å². The van der Waals surface area contributed by atoms with Gasteiger partial charge in [-0.05, 0) is 43.2 Å². The molecule has 4 rings (SSSR count). The van der Waals surface area contributed by atoms with Gasteiger partial charge in [-0.1, -0.05) is 12.1 Å². The monoisotopic (exact) mass is 433 g/mol. The van der Waals surface area contributed by atoms with Crippen LogP contribution in [0.25, 0.3) is 11.0 Å². The molecule has 1 aliphatic heterocycles. The third-order valence-electron chi connectivity index (χ3n) is 5.86. The number of aryl methyl sites for hydroxylation is 1. The van der Waals surface area contributed by atoms with E-state index in [1.54, 1.807) is 13.2 Å². The topological polar surface area (TPSA) is 39.5 Å². The third kappa shape index (κ3) is 4.27. The Morgan fingerprint density at radius 1 is 1.10 bits per heavy atom. The van der Waals surface area contributed by atoms with Crippen molar-refractivity contribution in [2.75, 3.05) is 38.3 Å². The molecule has 5 nitrogen and oxygen atoms in total. The quantitative estimate of drug-likeness (QED) is 0.585. The second-order valence-corrected chi connectivity index (χ2v) is 7.84. The van der Waals surface area contributed by atoms with Gasteiger partial charge in [0.05, 0.1) is 36.4 Å². The molecule has 8 heteroatoms. The first-order chi connectivity index (χ1) is 14.8. The molecule has 0 amide bonds. The normalized spacial score (nSPS) is 15.1. The zero-order chi connectivity index (χ0) is 22.2. The molecule has 0 spiro atoms. The molecule has 2 heterocycles. The molecule has 0 saturated carbocycles. The van der Waals surface area contributed by atoms with Crippen LogP contribution in [0.5, 0.6) is 0 Å². The summed E-state index contributed by atoms with van der Waals surface area (Å²) in [7, 11) is 1.64. The van der Waals surface area contributed by atoms with Crippen LogP contribution in [0.15, 0.2) is 30.3 Å². The molecule has 1 fully saturated rings. The Bertz CT molecular complexity index is 1090. The molecule has 1 aromatic heterocycles. The second-order valence-electron chi connectivity index (χ2n) is 7.84. The summed E-state index contributed by atoms with van der Waals surface area (Å²) in [5.41, 5.74) is 4.00. The molecule has 1 saturated heterocycles. The van der Waals surface area contributed by atoms with Crippen molar-refractivity contribution in [3.05, 3.63) is 58.4 Å². The number of rotatable bonds is 5. The maximum absolute atomic E-state index is 13.4. The summed E-state index contributed by atoms with van der Waals surface area (Å²) in [6, 6.07) is 8.50. The number of alkyl halides is 3. The average molecular weight is 433 g/mol. The first kappa shape index (κ1) is 21.6. The minimum Gasteiger partial charge on any atom is -0.380 e. The fraction of sp³-hybridized carbons (Fsp3) is 0.435. The SMILES string of the molecule is COCc1cc(N2CCOCC2)cc2c1nc(C)n2Cc1cccc(C(F)(F)F)c1C. The summed E-state index contributed by atoms with van der Waals surface area (Å²) in [4.78, 5) is 6.99.